The van der Waals surface area contributed by atoms with Gasteiger partial charge in [-0.15, -0.1) is 11.8 Å². The Morgan fingerprint density at radius 2 is 2.17 bits per heavy atom. The maximum Gasteiger partial charge on any atom is 0.337 e. The van der Waals surface area contributed by atoms with Gasteiger partial charge in [0.25, 0.3) is 0 Å². The molecule has 0 fully saturated rings. The van der Waals surface area contributed by atoms with Gasteiger partial charge in [-0.1, -0.05) is 18.5 Å². The SMILES string of the molecule is CCOC(=O)C1=C(CSc2ccc(F)c(Cl)c2)NC(=O)NC1CC. The van der Waals surface area contributed by atoms with Gasteiger partial charge in [-0.25, -0.2) is 14.0 Å². The lowest BCUT2D eigenvalue weighted by Crippen LogP contribution is -2.50. The van der Waals surface area contributed by atoms with E-state index >= 15 is 0 Å². The van der Waals surface area contributed by atoms with Gasteiger partial charge in [-0.2, -0.15) is 0 Å². The lowest BCUT2D eigenvalue weighted by Gasteiger charge is -2.28. The fourth-order valence-corrected chi connectivity index (χ4v) is 3.45. The molecule has 0 bridgehead atoms. The molecule has 1 unspecified atom stereocenters. The number of esters is 1. The predicted molar refractivity (Wildman–Crippen MR) is 91.5 cm³/mol. The Morgan fingerprint density at radius 3 is 2.79 bits per heavy atom. The number of benzene rings is 1. The van der Waals surface area contributed by atoms with Crippen LogP contribution in [0, 0.1) is 5.82 Å². The highest BCUT2D eigenvalue weighted by Gasteiger charge is 2.31. The third-order valence-corrected chi connectivity index (χ3v) is 4.73. The van der Waals surface area contributed by atoms with Crippen molar-refractivity contribution in [2.45, 2.75) is 31.2 Å². The second-order valence-corrected chi connectivity index (χ2v) is 6.49. The van der Waals surface area contributed by atoms with E-state index in [1.54, 1.807) is 13.0 Å². The molecule has 0 aromatic heterocycles. The Hall–Kier alpha value is -1.73. The molecule has 1 aromatic rings. The Balaban J connectivity index is 2.24. The summed E-state index contributed by atoms with van der Waals surface area (Å²) in [5.41, 5.74) is 0.911. The minimum atomic E-state index is -0.492. The van der Waals surface area contributed by atoms with Crippen molar-refractivity contribution in [3.63, 3.8) is 0 Å². The number of thioether (sulfide) groups is 1. The summed E-state index contributed by atoms with van der Waals surface area (Å²) in [6, 6.07) is 3.62. The van der Waals surface area contributed by atoms with Crippen LogP contribution in [0.2, 0.25) is 5.02 Å². The minimum absolute atomic E-state index is 0.0281. The molecule has 1 aromatic carbocycles. The molecule has 0 radical (unpaired) electrons. The van der Waals surface area contributed by atoms with E-state index in [-0.39, 0.29) is 17.7 Å². The van der Waals surface area contributed by atoms with Gasteiger partial charge in [-0.3, -0.25) is 0 Å². The fourth-order valence-electron chi connectivity index (χ4n) is 2.30. The Morgan fingerprint density at radius 1 is 1.42 bits per heavy atom. The van der Waals surface area contributed by atoms with E-state index in [0.717, 1.165) is 4.90 Å². The molecule has 1 aliphatic heterocycles. The number of urea groups is 1. The number of hydrogen-bond acceptors (Lipinski definition) is 4. The summed E-state index contributed by atoms with van der Waals surface area (Å²) in [5.74, 6) is -0.613. The monoisotopic (exact) mass is 372 g/mol. The second kappa shape index (κ2) is 8.39. The highest BCUT2D eigenvalue weighted by atomic mass is 35.5. The van der Waals surface area contributed by atoms with Crippen LogP contribution in [0.15, 0.2) is 34.4 Å². The summed E-state index contributed by atoms with van der Waals surface area (Å²) in [6.45, 7) is 3.85. The van der Waals surface area contributed by atoms with Crippen molar-refractivity contribution in [3.05, 3.63) is 40.3 Å². The first kappa shape index (κ1) is 18.6. The van der Waals surface area contributed by atoms with E-state index in [2.05, 4.69) is 10.6 Å². The largest absolute Gasteiger partial charge is 0.463 e. The molecule has 2 amide bonds. The molecule has 1 heterocycles. The third-order valence-electron chi connectivity index (χ3n) is 3.42. The van der Waals surface area contributed by atoms with Crippen LogP contribution in [0.25, 0.3) is 0 Å². The Labute approximate surface area is 149 Å². The smallest absolute Gasteiger partial charge is 0.337 e. The van der Waals surface area contributed by atoms with Crippen LogP contribution >= 0.6 is 23.4 Å². The summed E-state index contributed by atoms with van der Waals surface area (Å²) in [4.78, 5) is 24.8. The van der Waals surface area contributed by atoms with Gasteiger partial charge in [0, 0.05) is 16.3 Å². The van der Waals surface area contributed by atoms with Gasteiger partial charge in [0.15, 0.2) is 0 Å². The van der Waals surface area contributed by atoms with Crippen molar-refractivity contribution >= 4 is 35.4 Å². The number of rotatable bonds is 6. The first-order chi connectivity index (χ1) is 11.5. The first-order valence-electron chi connectivity index (χ1n) is 7.51. The molecular weight excluding hydrogens is 355 g/mol. The molecule has 1 aliphatic rings. The van der Waals surface area contributed by atoms with Crippen LogP contribution < -0.4 is 10.6 Å². The average Bonchev–Trinajstić information content (AvgIpc) is 2.55. The molecule has 8 heteroatoms. The van der Waals surface area contributed by atoms with Crippen LogP contribution in [-0.2, 0) is 9.53 Å². The number of carbonyl (C=O) groups is 2. The van der Waals surface area contributed by atoms with E-state index in [4.69, 9.17) is 16.3 Å². The van der Waals surface area contributed by atoms with Crippen LogP contribution in [0.1, 0.15) is 20.3 Å². The molecule has 0 spiro atoms. The number of amides is 2. The zero-order valence-electron chi connectivity index (χ0n) is 13.3. The van der Waals surface area contributed by atoms with Gasteiger partial charge >= 0.3 is 12.0 Å². The number of hydrogen-bond donors (Lipinski definition) is 2. The van der Waals surface area contributed by atoms with Gasteiger partial charge in [-0.05, 0) is 31.5 Å². The van der Waals surface area contributed by atoms with Crippen LogP contribution in [0.5, 0.6) is 0 Å². The van der Waals surface area contributed by atoms with Crippen molar-refractivity contribution in [2.75, 3.05) is 12.4 Å². The van der Waals surface area contributed by atoms with Crippen LogP contribution in [0.3, 0.4) is 0 Å². The highest BCUT2D eigenvalue weighted by molar-refractivity contribution is 7.99. The van der Waals surface area contributed by atoms with E-state index in [1.165, 1.54) is 23.9 Å². The van der Waals surface area contributed by atoms with E-state index in [0.29, 0.717) is 23.4 Å². The molecule has 0 aliphatic carbocycles. The number of carbonyl (C=O) groups excluding carboxylic acids is 2. The number of halogens is 2. The summed E-state index contributed by atoms with van der Waals surface area (Å²) in [6.07, 6.45) is 0.568. The van der Waals surface area contributed by atoms with Gasteiger partial charge in [0.1, 0.15) is 5.82 Å². The second-order valence-electron chi connectivity index (χ2n) is 5.04. The maximum atomic E-state index is 13.2. The van der Waals surface area contributed by atoms with Crippen LogP contribution in [-0.4, -0.2) is 30.4 Å². The summed E-state index contributed by atoms with van der Waals surface area (Å²) in [7, 11) is 0. The summed E-state index contributed by atoms with van der Waals surface area (Å²) < 4.78 is 18.3. The normalized spacial score (nSPS) is 17.3. The molecule has 0 saturated carbocycles. The van der Waals surface area contributed by atoms with Crippen LogP contribution in [0.4, 0.5) is 9.18 Å². The fraction of sp³-hybridized carbons (Fsp3) is 0.375. The van der Waals surface area contributed by atoms with Gasteiger partial charge in [0.05, 0.1) is 23.2 Å². The third kappa shape index (κ3) is 4.42. The topological polar surface area (TPSA) is 67.4 Å². The molecular formula is C16H18ClFN2O3S. The molecule has 24 heavy (non-hydrogen) atoms. The molecule has 5 nitrogen and oxygen atoms in total. The van der Waals surface area contributed by atoms with E-state index < -0.39 is 17.8 Å². The number of ether oxygens (including phenoxy) is 1. The zero-order chi connectivity index (χ0) is 17.7. The molecule has 1 atom stereocenters. The predicted octanol–water partition coefficient (Wildman–Crippen LogP) is 3.48. The maximum absolute atomic E-state index is 13.2. The van der Waals surface area contributed by atoms with Crippen molar-refractivity contribution in [2.24, 2.45) is 0 Å². The van der Waals surface area contributed by atoms with Gasteiger partial charge in [0.2, 0.25) is 0 Å². The van der Waals surface area contributed by atoms with Crippen molar-refractivity contribution < 1.29 is 18.7 Å². The quantitative estimate of drug-likeness (QED) is 0.592. The highest BCUT2D eigenvalue weighted by Crippen LogP contribution is 2.27. The minimum Gasteiger partial charge on any atom is -0.463 e. The standard InChI is InChI=1S/C16H18ClFN2O3S/c1-3-12-14(15(21)23-4-2)13(20-16(22)19-12)8-24-9-5-6-11(18)10(17)7-9/h5-7,12H,3-4,8H2,1-2H3,(H2,19,20,22). The first-order valence-corrected chi connectivity index (χ1v) is 8.88. The average molecular weight is 373 g/mol. The Bertz CT molecular complexity index is 681. The van der Waals surface area contributed by atoms with E-state index in [1.807, 2.05) is 6.92 Å². The zero-order valence-corrected chi connectivity index (χ0v) is 14.9. The summed E-state index contributed by atoms with van der Waals surface area (Å²) >= 11 is 7.11. The van der Waals surface area contributed by atoms with Crippen molar-refractivity contribution in [1.29, 1.82) is 0 Å². The molecule has 2 N–H and O–H groups in total. The van der Waals surface area contributed by atoms with Gasteiger partial charge < -0.3 is 15.4 Å². The summed E-state index contributed by atoms with van der Waals surface area (Å²) in [5, 5.41) is 5.41. The lowest BCUT2D eigenvalue weighted by molar-refractivity contribution is -0.139. The van der Waals surface area contributed by atoms with Crippen molar-refractivity contribution in [1.82, 2.24) is 10.6 Å². The molecule has 2 rings (SSSR count). The number of nitrogens with one attached hydrogen (secondary N) is 2. The lowest BCUT2D eigenvalue weighted by atomic mass is 10.0. The van der Waals surface area contributed by atoms with E-state index in [9.17, 15) is 14.0 Å². The Kier molecular flexibility index (Phi) is 6.51. The van der Waals surface area contributed by atoms with Crippen molar-refractivity contribution in [3.8, 4) is 0 Å². The molecule has 130 valence electrons. The molecule has 0 saturated heterocycles.